The third-order valence-electron chi connectivity index (χ3n) is 3.46. The van der Waals surface area contributed by atoms with Crippen molar-refractivity contribution in [1.82, 2.24) is 4.98 Å². The molecule has 1 aromatic heterocycles. The molecule has 5 heteroatoms. The molecule has 0 atom stereocenters. The molecule has 0 saturated heterocycles. The summed E-state index contributed by atoms with van der Waals surface area (Å²) in [7, 11) is 0. The van der Waals surface area contributed by atoms with Gasteiger partial charge in [-0.05, 0) is 37.0 Å². The second-order valence-corrected chi connectivity index (χ2v) is 5.16. The average Bonchev–Trinajstić information content (AvgIpc) is 2.51. The Morgan fingerprint density at radius 1 is 0.909 bits per heavy atom. The van der Waals surface area contributed by atoms with E-state index in [0.717, 1.165) is 43.5 Å². The topological polar surface area (TPSA) is 33.1 Å². The normalized spacial score (nSPS) is 11.6. The van der Waals surface area contributed by atoms with Gasteiger partial charge < -0.3 is 5.11 Å². The number of halogens is 3. The maximum absolute atomic E-state index is 12.5. The first-order chi connectivity index (χ1) is 10.5. The van der Waals surface area contributed by atoms with Crippen LogP contribution in [0.1, 0.15) is 30.4 Å². The number of nitrogens with zero attached hydrogens (tertiary/aromatic N) is 1. The predicted octanol–water partition coefficient (Wildman–Crippen LogP) is 4.47. The molecular weight excluding hydrogens is 291 g/mol. The van der Waals surface area contributed by atoms with Crippen molar-refractivity contribution in [2.45, 2.75) is 31.9 Å². The zero-order valence-corrected chi connectivity index (χ0v) is 12.1. The second kappa shape index (κ2) is 7.40. The Hall–Kier alpha value is -1.88. The van der Waals surface area contributed by atoms with Gasteiger partial charge in [0.1, 0.15) is 0 Å². The lowest BCUT2D eigenvalue weighted by molar-refractivity contribution is -0.137. The van der Waals surface area contributed by atoms with E-state index in [9.17, 15) is 13.2 Å². The highest BCUT2D eigenvalue weighted by Gasteiger charge is 2.30. The van der Waals surface area contributed by atoms with Gasteiger partial charge in [0.15, 0.2) is 0 Å². The smallest absolute Gasteiger partial charge is 0.396 e. The van der Waals surface area contributed by atoms with E-state index < -0.39 is 11.7 Å². The van der Waals surface area contributed by atoms with Crippen LogP contribution in [0.3, 0.4) is 0 Å². The van der Waals surface area contributed by atoms with Gasteiger partial charge in [0, 0.05) is 18.4 Å². The van der Waals surface area contributed by atoms with Gasteiger partial charge >= 0.3 is 6.18 Å². The van der Waals surface area contributed by atoms with Crippen molar-refractivity contribution in [2.24, 2.45) is 0 Å². The molecule has 0 aliphatic heterocycles. The number of hydrogen-bond donors (Lipinski definition) is 1. The van der Waals surface area contributed by atoms with E-state index in [1.54, 1.807) is 0 Å². The van der Waals surface area contributed by atoms with Crippen molar-refractivity contribution in [1.29, 1.82) is 0 Å². The van der Waals surface area contributed by atoms with E-state index in [0.29, 0.717) is 5.69 Å². The van der Waals surface area contributed by atoms with Gasteiger partial charge in [-0.1, -0.05) is 30.7 Å². The number of aliphatic hydroxyl groups excluding tert-OH is 1. The largest absolute Gasteiger partial charge is 0.417 e. The van der Waals surface area contributed by atoms with Crippen LogP contribution in [0.2, 0.25) is 0 Å². The fraction of sp³-hybridized carbons (Fsp3) is 0.353. The minimum absolute atomic E-state index is 0.221. The quantitative estimate of drug-likeness (QED) is 0.799. The molecule has 2 nitrogen and oxygen atoms in total. The van der Waals surface area contributed by atoms with E-state index in [1.165, 1.54) is 11.6 Å². The van der Waals surface area contributed by atoms with Gasteiger partial charge in [-0.2, -0.15) is 13.2 Å². The summed E-state index contributed by atoms with van der Waals surface area (Å²) in [6.07, 6.45) is 0.244. The monoisotopic (exact) mass is 309 g/mol. The highest BCUT2D eigenvalue weighted by molar-refractivity contribution is 5.59. The molecule has 2 rings (SSSR count). The molecule has 0 aliphatic carbocycles. The fourth-order valence-corrected chi connectivity index (χ4v) is 2.19. The maximum Gasteiger partial charge on any atom is 0.417 e. The van der Waals surface area contributed by atoms with Gasteiger partial charge in [-0.15, -0.1) is 0 Å². The Bertz CT molecular complexity index is 576. The molecule has 1 N–H and O–H groups in total. The number of aromatic nitrogens is 1. The predicted molar refractivity (Wildman–Crippen MR) is 79.3 cm³/mol. The zero-order valence-electron chi connectivity index (χ0n) is 12.1. The van der Waals surface area contributed by atoms with E-state index in [4.69, 9.17) is 5.11 Å². The molecule has 118 valence electrons. The van der Waals surface area contributed by atoms with Gasteiger partial charge in [0.05, 0.1) is 11.3 Å². The van der Waals surface area contributed by atoms with E-state index >= 15 is 0 Å². The molecule has 0 unspecified atom stereocenters. The van der Waals surface area contributed by atoms with E-state index in [1.807, 2.05) is 24.3 Å². The standard InChI is InChI=1S/C17H18F3NO/c18-17(19,20)15-9-10-16(21-12-15)14-7-5-13(6-8-14)4-2-1-3-11-22/h5-10,12,22H,1-4,11H2. The number of benzene rings is 1. The van der Waals surface area contributed by atoms with Crippen LogP contribution >= 0.6 is 0 Å². The Balaban J connectivity index is 2.01. The summed E-state index contributed by atoms with van der Waals surface area (Å²) in [4.78, 5) is 3.88. The van der Waals surface area contributed by atoms with Gasteiger partial charge in [0.25, 0.3) is 0 Å². The summed E-state index contributed by atoms with van der Waals surface area (Å²) in [6, 6.07) is 10.1. The number of alkyl halides is 3. The van der Waals surface area contributed by atoms with Crippen molar-refractivity contribution in [3.63, 3.8) is 0 Å². The van der Waals surface area contributed by atoms with Crippen LogP contribution < -0.4 is 0 Å². The molecule has 0 aliphatic rings. The summed E-state index contributed by atoms with van der Waals surface area (Å²) in [5.74, 6) is 0. The third-order valence-corrected chi connectivity index (χ3v) is 3.46. The van der Waals surface area contributed by atoms with Crippen molar-refractivity contribution in [3.8, 4) is 11.3 Å². The summed E-state index contributed by atoms with van der Waals surface area (Å²) < 4.78 is 37.5. The van der Waals surface area contributed by atoms with Crippen LogP contribution in [0.4, 0.5) is 13.2 Å². The van der Waals surface area contributed by atoms with Crippen LogP contribution in [0.25, 0.3) is 11.3 Å². The van der Waals surface area contributed by atoms with Crippen LogP contribution in [-0.4, -0.2) is 16.7 Å². The molecule has 2 aromatic rings. The first-order valence-corrected chi connectivity index (χ1v) is 7.24. The molecule has 0 saturated carbocycles. The number of unbranched alkanes of at least 4 members (excludes halogenated alkanes) is 2. The molecular formula is C17H18F3NO. The SMILES string of the molecule is OCCCCCc1ccc(-c2ccc(C(F)(F)F)cn2)cc1. The fourth-order valence-electron chi connectivity index (χ4n) is 2.19. The lowest BCUT2D eigenvalue weighted by atomic mass is 10.0. The van der Waals surface area contributed by atoms with Crippen molar-refractivity contribution >= 4 is 0 Å². The molecule has 0 spiro atoms. The Kier molecular flexibility index (Phi) is 5.55. The summed E-state index contributed by atoms with van der Waals surface area (Å²) in [5, 5.41) is 8.72. The Morgan fingerprint density at radius 2 is 1.64 bits per heavy atom. The summed E-state index contributed by atoms with van der Waals surface area (Å²) in [5.41, 5.74) is 1.76. The minimum atomic E-state index is -4.36. The Labute approximate surface area is 127 Å². The summed E-state index contributed by atoms with van der Waals surface area (Å²) in [6.45, 7) is 0.221. The first-order valence-electron chi connectivity index (χ1n) is 7.24. The zero-order chi connectivity index (χ0) is 16.0. The maximum atomic E-state index is 12.5. The van der Waals surface area contributed by atoms with Crippen LogP contribution in [-0.2, 0) is 12.6 Å². The molecule has 1 heterocycles. The Morgan fingerprint density at radius 3 is 2.18 bits per heavy atom. The van der Waals surface area contributed by atoms with Gasteiger partial charge in [0.2, 0.25) is 0 Å². The lowest BCUT2D eigenvalue weighted by Crippen LogP contribution is -2.05. The van der Waals surface area contributed by atoms with Gasteiger partial charge in [-0.25, -0.2) is 0 Å². The minimum Gasteiger partial charge on any atom is -0.396 e. The molecule has 22 heavy (non-hydrogen) atoms. The number of aliphatic hydroxyl groups is 1. The molecule has 0 amide bonds. The molecule has 0 fully saturated rings. The number of hydrogen-bond acceptors (Lipinski definition) is 2. The number of aryl methyl sites for hydroxylation is 1. The van der Waals surface area contributed by atoms with Crippen molar-refractivity contribution in [2.75, 3.05) is 6.61 Å². The van der Waals surface area contributed by atoms with Crippen LogP contribution in [0.15, 0.2) is 42.6 Å². The third kappa shape index (κ3) is 4.56. The van der Waals surface area contributed by atoms with Gasteiger partial charge in [-0.3, -0.25) is 4.98 Å². The molecule has 0 bridgehead atoms. The highest BCUT2D eigenvalue weighted by atomic mass is 19.4. The molecule has 1 aromatic carbocycles. The molecule has 0 radical (unpaired) electrons. The second-order valence-electron chi connectivity index (χ2n) is 5.16. The van der Waals surface area contributed by atoms with Crippen molar-refractivity contribution < 1.29 is 18.3 Å². The van der Waals surface area contributed by atoms with Crippen molar-refractivity contribution in [3.05, 3.63) is 53.7 Å². The number of pyridine rings is 1. The van der Waals surface area contributed by atoms with E-state index in [-0.39, 0.29) is 6.61 Å². The van der Waals surface area contributed by atoms with Crippen LogP contribution in [0.5, 0.6) is 0 Å². The highest BCUT2D eigenvalue weighted by Crippen LogP contribution is 2.29. The lowest BCUT2D eigenvalue weighted by Gasteiger charge is -2.07. The first kappa shape index (κ1) is 16.5. The van der Waals surface area contributed by atoms with E-state index in [2.05, 4.69) is 4.98 Å². The summed E-state index contributed by atoms with van der Waals surface area (Å²) >= 11 is 0. The number of rotatable bonds is 6. The van der Waals surface area contributed by atoms with Crippen LogP contribution in [0, 0.1) is 0 Å². The average molecular weight is 309 g/mol.